The number of para-hydroxylation sites is 1. The van der Waals surface area contributed by atoms with E-state index in [1.54, 1.807) is 0 Å². The van der Waals surface area contributed by atoms with Gasteiger partial charge in [0.2, 0.25) is 0 Å². The lowest BCUT2D eigenvalue weighted by molar-refractivity contribution is 0.262. The number of fused-ring (bicyclic) bond motifs is 1. The summed E-state index contributed by atoms with van der Waals surface area (Å²) >= 11 is 11.3. The van der Waals surface area contributed by atoms with Crippen LogP contribution < -0.4 is 15.4 Å². The van der Waals surface area contributed by atoms with Crippen LogP contribution in [-0.2, 0) is 0 Å². The van der Waals surface area contributed by atoms with Crippen molar-refractivity contribution in [2.75, 3.05) is 11.9 Å². The Bertz CT molecular complexity index is 645. The van der Waals surface area contributed by atoms with Crippen LogP contribution in [0.25, 0.3) is 0 Å². The van der Waals surface area contributed by atoms with Crippen molar-refractivity contribution >= 4 is 34.6 Å². The van der Waals surface area contributed by atoms with E-state index in [-0.39, 0.29) is 6.04 Å². The van der Waals surface area contributed by atoms with Crippen LogP contribution in [0.3, 0.4) is 0 Å². The Labute approximate surface area is 134 Å². The maximum atomic E-state index is 5.87. The standard InChI is InChI=1S/C16H15ClN2OS/c17-11-5-7-12(8-6-11)18-16(21)19-14-9-10-20-15-4-2-1-3-13(14)15/h1-8,14H,9-10H2,(H2,18,19,21)/t14-/m0/s1. The predicted octanol–water partition coefficient (Wildman–Crippen LogP) is 4.15. The van der Waals surface area contributed by atoms with E-state index in [0.29, 0.717) is 16.7 Å². The van der Waals surface area contributed by atoms with Crippen molar-refractivity contribution in [3.8, 4) is 5.75 Å². The van der Waals surface area contributed by atoms with E-state index in [1.807, 2.05) is 42.5 Å². The number of rotatable bonds is 2. The molecule has 21 heavy (non-hydrogen) atoms. The molecule has 0 unspecified atom stereocenters. The summed E-state index contributed by atoms with van der Waals surface area (Å²) in [5, 5.41) is 7.82. The number of ether oxygens (including phenoxy) is 1. The Hall–Kier alpha value is -1.78. The van der Waals surface area contributed by atoms with Gasteiger partial charge in [-0.05, 0) is 42.5 Å². The fraction of sp³-hybridized carbons (Fsp3) is 0.188. The van der Waals surface area contributed by atoms with Gasteiger partial charge in [-0.2, -0.15) is 0 Å². The number of thiocarbonyl (C=S) groups is 1. The third kappa shape index (κ3) is 3.46. The topological polar surface area (TPSA) is 33.3 Å². The summed E-state index contributed by atoms with van der Waals surface area (Å²) in [6.45, 7) is 0.693. The zero-order valence-electron chi connectivity index (χ0n) is 11.3. The normalized spacial score (nSPS) is 16.5. The molecule has 0 aliphatic carbocycles. The second-order valence-corrected chi connectivity index (χ2v) is 5.68. The van der Waals surface area contributed by atoms with Crippen molar-refractivity contribution in [1.29, 1.82) is 0 Å². The first kappa shape index (κ1) is 14.2. The first-order valence-corrected chi connectivity index (χ1v) is 7.56. The maximum absolute atomic E-state index is 5.87. The molecule has 0 amide bonds. The minimum Gasteiger partial charge on any atom is -0.493 e. The second kappa shape index (κ2) is 6.33. The van der Waals surface area contributed by atoms with Gasteiger partial charge < -0.3 is 15.4 Å². The predicted molar refractivity (Wildman–Crippen MR) is 90.1 cm³/mol. The van der Waals surface area contributed by atoms with Crippen molar-refractivity contribution in [2.24, 2.45) is 0 Å². The number of hydrogen-bond acceptors (Lipinski definition) is 2. The summed E-state index contributed by atoms with van der Waals surface area (Å²) < 4.78 is 5.65. The lowest BCUT2D eigenvalue weighted by Crippen LogP contribution is -2.35. The van der Waals surface area contributed by atoms with Gasteiger partial charge in [-0.1, -0.05) is 29.8 Å². The molecule has 1 heterocycles. The Kier molecular flexibility index (Phi) is 4.27. The van der Waals surface area contributed by atoms with Gasteiger partial charge in [-0.3, -0.25) is 0 Å². The minimum absolute atomic E-state index is 0.169. The molecule has 0 saturated carbocycles. The summed E-state index contributed by atoms with van der Waals surface area (Å²) in [7, 11) is 0. The molecule has 5 heteroatoms. The molecule has 2 aromatic rings. The zero-order chi connectivity index (χ0) is 14.7. The van der Waals surface area contributed by atoms with Crippen molar-refractivity contribution in [3.63, 3.8) is 0 Å². The fourth-order valence-corrected chi connectivity index (χ4v) is 2.74. The van der Waals surface area contributed by atoms with Gasteiger partial charge in [-0.15, -0.1) is 0 Å². The highest BCUT2D eigenvalue weighted by Crippen LogP contribution is 2.31. The van der Waals surface area contributed by atoms with Crippen LogP contribution in [0.2, 0.25) is 5.02 Å². The smallest absolute Gasteiger partial charge is 0.171 e. The first-order valence-electron chi connectivity index (χ1n) is 6.77. The number of hydrogen-bond donors (Lipinski definition) is 2. The minimum atomic E-state index is 0.169. The Morgan fingerprint density at radius 1 is 1.14 bits per heavy atom. The van der Waals surface area contributed by atoms with Gasteiger partial charge in [0.25, 0.3) is 0 Å². The molecule has 0 aromatic heterocycles. The van der Waals surface area contributed by atoms with Crippen LogP contribution >= 0.6 is 23.8 Å². The number of nitrogens with one attached hydrogen (secondary N) is 2. The van der Waals surface area contributed by atoms with Crippen LogP contribution in [0.5, 0.6) is 5.75 Å². The van der Waals surface area contributed by atoms with Crippen molar-refractivity contribution < 1.29 is 4.74 Å². The molecule has 0 radical (unpaired) electrons. The lowest BCUT2D eigenvalue weighted by atomic mass is 10.0. The quantitative estimate of drug-likeness (QED) is 0.815. The van der Waals surface area contributed by atoms with Gasteiger partial charge >= 0.3 is 0 Å². The molecule has 3 nitrogen and oxygen atoms in total. The lowest BCUT2D eigenvalue weighted by Gasteiger charge is -2.27. The summed E-state index contributed by atoms with van der Waals surface area (Å²) in [6.07, 6.45) is 0.888. The molecule has 1 atom stereocenters. The van der Waals surface area contributed by atoms with Gasteiger partial charge in [0, 0.05) is 22.7 Å². The highest BCUT2D eigenvalue weighted by Gasteiger charge is 2.21. The molecule has 2 N–H and O–H groups in total. The summed E-state index contributed by atoms with van der Waals surface area (Å²) in [5.74, 6) is 0.926. The van der Waals surface area contributed by atoms with E-state index in [2.05, 4.69) is 16.7 Å². The van der Waals surface area contributed by atoms with Crippen molar-refractivity contribution in [1.82, 2.24) is 5.32 Å². The Morgan fingerprint density at radius 3 is 2.71 bits per heavy atom. The summed E-state index contributed by atoms with van der Waals surface area (Å²) in [4.78, 5) is 0. The third-order valence-electron chi connectivity index (χ3n) is 3.37. The second-order valence-electron chi connectivity index (χ2n) is 4.83. The van der Waals surface area contributed by atoms with E-state index < -0.39 is 0 Å². The number of halogens is 1. The van der Waals surface area contributed by atoms with Crippen LogP contribution in [0.1, 0.15) is 18.0 Å². The molecule has 0 saturated heterocycles. The van der Waals surface area contributed by atoms with Crippen LogP contribution in [0.15, 0.2) is 48.5 Å². The molecule has 1 aliphatic rings. The fourth-order valence-electron chi connectivity index (χ4n) is 2.35. The van der Waals surface area contributed by atoms with E-state index in [9.17, 15) is 0 Å². The van der Waals surface area contributed by atoms with Gasteiger partial charge in [0.1, 0.15) is 5.75 Å². The van der Waals surface area contributed by atoms with Gasteiger partial charge in [-0.25, -0.2) is 0 Å². The van der Waals surface area contributed by atoms with E-state index in [4.69, 9.17) is 28.6 Å². The third-order valence-corrected chi connectivity index (χ3v) is 3.84. The molecule has 3 rings (SSSR count). The first-order chi connectivity index (χ1) is 10.2. The van der Waals surface area contributed by atoms with E-state index >= 15 is 0 Å². The van der Waals surface area contributed by atoms with Crippen LogP contribution in [-0.4, -0.2) is 11.7 Å². The SMILES string of the molecule is S=C(Nc1ccc(Cl)cc1)N[C@H]1CCOc2ccccc21. The molecule has 0 fully saturated rings. The van der Waals surface area contributed by atoms with Crippen molar-refractivity contribution in [2.45, 2.75) is 12.5 Å². The number of anilines is 1. The largest absolute Gasteiger partial charge is 0.493 e. The van der Waals surface area contributed by atoms with E-state index in [1.165, 1.54) is 0 Å². The molecule has 2 aromatic carbocycles. The summed E-state index contributed by atoms with van der Waals surface area (Å²) in [6, 6.07) is 15.7. The zero-order valence-corrected chi connectivity index (χ0v) is 12.9. The summed E-state index contributed by atoms with van der Waals surface area (Å²) in [5.41, 5.74) is 2.06. The van der Waals surface area contributed by atoms with Gasteiger partial charge in [0.15, 0.2) is 5.11 Å². The van der Waals surface area contributed by atoms with Crippen LogP contribution in [0, 0.1) is 0 Å². The van der Waals surface area contributed by atoms with E-state index in [0.717, 1.165) is 23.4 Å². The average molecular weight is 319 g/mol. The molecule has 0 spiro atoms. The molecular formula is C16H15ClN2OS. The molecule has 108 valence electrons. The molecular weight excluding hydrogens is 304 g/mol. The average Bonchev–Trinajstić information content (AvgIpc) is 2.50. The Morgan fingerprint density at radius 2 is 1.90 bits per heavy atom. The maximum Gasteiger partial charge on any atom is 0.171 e. The monoisotopic (exact) mass is 318 g/mol. The Balaban J connectivity index is 1.67. The van der Waals surface area contributed by atoms with Gasteiger partial charge in [0.05, 0.1) is 12.6 Å². The molecule has 0 bridgehead atoms. The molecule has 1 aliphatic heterocycles. The van der Waals surface area contributed by atoms with Crippen LogP contribution in [0.4, 0.5) is 5.69 Å². The highest BCUT2D eigenvalue weighted by atomic mass is 35.5. The number of benzene rings is 2. The highest BCUT2D eigenvalue weighted by molar-refractivity contribution is 7.80. The van der Waals surface area contributed by atoms with Crippen molar-refractivity contribution in [3.05, 3.63) is 59.1 Å².